The molecule has 10 aromatic carbocycles. The van der Waals surface area contributed by atoms with Crippen LogP contribution in [-0.2, 0) is 0 Å². The van der Waals surface area contributed by atoms with Crippen molar-refractivity contribution >= 4 is 77.7 Å². The van der Waals surface area contributed by atoms with Crippen LogP contribution in [0.5, 0.6) is 0 Å². The van der Waals surface area contributed by atoms with Gasteiger partial charge in [0.15, 0.2) is 0 Å². The number of rotatable bonds is 9. The Morgan fingerprint density at radius 1 is 0.250 bits per heavy atom. The summed E-state index contributed by atoms with van der Waals surface area (Å²) in [5, 5.41) is 4.85. The second kappa shape index (κ2) is 15.7. The molecular formula is C60H42N4. The molecule has 0 aliphatic rings. The topological polar surface area (TPSA) is 16.3 Å². The van der Waals surface area contributed by atoms with E-state index in [1.54, 1.807) is 0 Å². The van der Waals surface area contributed by atoms with Gasteiger partial charge < -0.3 is 18.9 Å². The Morgan fingerprint density at radius 2 is 0.672 bits per heavy atom. The maximum atomic E-state index is 2.46. The lowest BCUT2D eigenvalue weighted by atomic mass is 10.0. The van der Waals surface area contributed by atoms with E-state index < -0.39 is 0 Å². The average Bonchev–Trinajstić information content (AvgIpc) is 3.89. The van der Waals surface area contributed by atoms with Gasteiger partial charge in [0.25, 0.3) is 0 Å². The summed E-state index contributed by atoms with van der Waals surface area (Å²) in [6.07, 6.45) is 0. The number of para-hydroxylation sites is 5. The highest BCUT2D eigenvalue weighted by Crippen LogP contribution is 2.45. The second-order valence-electron chi connectivity index (χ2n) is 16.2. The predicted octanol–water partition coefficient (Wildman–Crippen LogP) is 16.5. The molecule has 2 heterocycles. The maximum Gasteiger partial charge on any atom is 0.0641 e. The predicted molar refractivity (Wildman–Crippen MR) is 270 cm³/mol. The Bertz CT molecular complexity index is 3520. The molecule has 0 radical (unpaired) electrons. The number of anilines is 6. The van der Waals surface area contributed by atoms with E-state index in [0.29, 0.717) is 0 Å². The third kappa shape index (κ3) is 6.31. The molecule has 302 valence electrons. The van der Waals surface area contributed by atoms with Crippen molar-refractivity contribution in [3.63, 3.8) is 0 Å². The van der Waals surface area contributed by atoms with Gasteiger partial charge in [-0.05, 0) is 126 Å². The first kappa shape index (κ1) is 37.2. The lowest BCUT2D eigenvalue weighted by Crippen LogP contribution is -2.10. The Hall–Kier alpha value is -8.60. The second-order valence-corrected chi connectivity index (χ2v) is 16.2. The largest absolute Gasteiger partial charge is 0.311 e. The van der Waals surface area contributed by atoms with Gasteiger partial charge in [-0.2, -0.15) is 0 Å². The fourth-order valence-corrected chi connectivity index (χ4v) is 9.62. The van der Waals surface area contributed by atoms with Crippen LogP contribution in [0.15, 0.2) is 255 Å². The van der Waals surface area contributed by atoms with Crippen molar-refractivity contribution in [3.05, 3.63) is 255 Å². The van der Waals surface area contributed by atoms with E-state index in [0.717, 1.165) is 56.5 Å². The van der Waals surface area contributed by atoms with Gasteiger partial charge in [-0.1, -0.05) is 140 Å². The fourth-order valence-electron chi connectivity index (χ4n) is 9.62. The van der Waals surface area contributed by atoms with Gasteiger partial charge in [0.05, 0.1) is 22.1 Å². The van der Waals surface area contributed by atoms with E-state index in [1.165, 1.54) is 43.7 Å². The fraction of sp³-hybridized carbons (Fsp3) is 0. The van der Waals surface area contributed by atoms with Crippen LogP contribution in [0, 0.1) is 0 Å². The third-order valence-electron chi connectivity index (χ3n) is 12.5. The summed E-state index contributed by atoms with van der Waals surface area (Å²) in [4.78, 5) is 4.69. The normalized spacial score (nSPS) is 11.4. The van der Waals surface area contributed by atoms with Gasteiger partial charge in [0, 0.05) is 67.0 Å². The maximum absolute atomic E-state index is 2.46. The number of hydrogen-bond donors (Lipinski definition) is 0. The van der Waals surface area contributed by atoms with Crippen molar-refractivity contribution in [2.24, 2.45) is 0 Å². The first-order valence-electron chi connectivity index (χ1n) is 21.9. The summed E-state index contributed by atoms with van der Waals surface area (Å²) in [5.41, 5.74) is 15.9. The van der Waals surface area contributed by atoms with Crippen LogP contribution in [0.4, 0.5) is 34.1 Å². The molecule has 0 saturated carbocycles. The van der Waals surface area contributed by atoms with Crippen LogP contribution in [0.1, 0.15) is 0 Å². The zero-order valence-corrected chi connectivity index (χ0v) is 35.0. The van der Waals surface area contributed by atoms with Crippen LogP contribution in [-0.4, -0.2) is 9.13 Å². The highest BCUT2D eigenvalue weighted by molar-refractivity contribution is 6.26. The molecule has 4 heteroatoms. The average molecular weight is 819 g/mol. The van der Waals surface area contributed by atoms with Crippen molar-refractivity contribution < 1.29 is 0 Å². The molecule has 0 N–H and O–H groups in total. The first-order valence-corrected chi connectivity index (χ1v) is 21.9. The Labute approximate surface area is 372 Å². The molecule has 0 bridgehead atoms. The molecule has 0 spiro atoms. The van der Waals surface area contributed by atoms with E-state index in [9.17, 15) is 0 Å². The SMILES string of the molecule is c1ccc(-c2ccc(N(c3ccccc3)c3ccc4c(c3)c3c(ccc5c6ccccc6n(-c6ccccc6)c53)n4-c3ccc(N(c4ccccc4)c4ccccc4)cc3)cc2)cc1. The summed E-state index contributed by atoms with van der Waals surface area (Å²) >= 11 is 0. The number of fused-ring (bicyclic) bond motifs is 7. The summed E-state index contributed by atoms with van der Waals surface area (Å²) in [6.45, 7) is 0. The van der Waals surface area contributed by atoms with Crippen LogP contribution in [0.2, 0.25) is 0 Å². The molecule has 0 atom stereocenters. The van der Waals surface area contributed by atoms with Crippen LogP contribution in [0.25, 0.3) is 66.1 Å². The number of hydrogen-bond acceptors (Lipinski definition) is 2. The molecule has 2 aromatic heterocycles. The third-order valence-corrected chi connectivity index (χ3v) is 12.5. The smallest absolute Gasteiger partial charge is 0.0641 e. The standard InChI is InChI=1S/C60H42N4/c1-6-18-43(19-7-1)44-30-32-49(33-31-44)62(47-24-12-4-13-25-47)52-38-40-57-55(42-52)59-58(41-39-54-53-28-16-17-29-56(53)64(60(54)59)48-26-14-5-15-27-48)63(57)51-36-34-50(35-37-51)61(45-20-8-2-9-21-45)46-22-10-3-11-23-46/h1-42H. The monoisotopic (exact) mass is 818 g/mol. The number of aromatic nitrogens is 2. The van der Waals surface area contributed by atoms with Crippen molar-refractivity contribution in [3.8, 4) is 22.5 Å². The van der Waals surface area contributed by atoms with Crippen LogP contribution >= 0.6 is 0 Å². The minimum Gasteiger partial charge on any atom is -0.311 e. The van der Waals surface area contributed by atoms with Gasteiger partial charge in [-0.15, -0.1) is 0 Å². The van der Waals surface area contributed by atoms with Gasteiger partial charge in [0.2, 0.25) is 0 Å². The quantitative estimate of drug-likeness (QED) is 0.144. The van der Waals surface area contributed by atoms with Crippen molar-refractivity contribution in [2.45, 2.75) is 0 Å². The Kier molecular flexibility index (Phi) is 9.12. The van der Waals surface area contributed by atoms with Gasteiger partial charge in [0.1, 0.15) is 0 Å². The minimum absolute atomic E-state index is 1.08. The molecule has 0 saturated heterocycles. The number of nitrogens with zero attached hydrogens (tertiary/aromatic N) is 4. The van der Waals surface area contributed by atoms with Gasteiger partial charge in [-0.3, -0.25) is 0 Å². The highest BCUT2D eigenvalue weighted by Gasteiger charge is 2.23. The molecule has 12 aromatic rings. The molecule has 0 unspecified atom stereocenters. The van der Waals surface area contributed by atoms with Crippen LogP contribution < -0.4 is 9.80 Å². The molecule has 12 rings (SSSR count). The van der Waals surface area contributed by atoms with Crippen molar-refractivity contribution in [1.82, 2.24) is 9.13 Å². The van der Waals surface area contributed by atoms with E-state index in [4.69, 9.17) is 0 Å². The lowest BCUT2D eigenvalue weighted by Gasteiger charge is -2.26. The molecule has 0 amide bonds. The molecule has 4 nitrogen and oxygen atoms in total. The molecule has 0 fully saturated rings. The summed E-state index contributed by atoms with van der Waals surface area (Å²) in [6, 6.07) is 91.7. The van der Waals surface area contributed by atoms with E-state index in [1.807, 2.05) is 0 Å². The van der Waals surface area contributed by atoms with Gasteiger partial charge >= 0.3 is 0 Å². The minimum atomic E-state index is 1.08. The first-order chi connectivity index (χ1) is 31.8. The van der Waals surface area contributed by atoms with E-state index in [2.05, 4.69) is 274 Å². The van der Waals surface area contributed by atoms with E-state index >= 15 is 0 Å². The van der Waals surface area contributed by atoms with E-state index in [-0.39, 0.29) is 0 Å². The molecule has 0 aliphatic heterocycles. The number of benzene rings is 10. The summed E-state index contributed by atoms with van der Waals surface area (Å²) in [5.74, 6) is 0. The van der Waals surface area contributed by atoms with Gasteiger partial charge in [-0.25, -0.2) is 0 Å². The van der Waals surface area contributed by atoms with Crippen molar-refractivity contribution in [1.29, 1.82) is 0 Å². The van der Waals surface area contributed by atoms with Crippen LogP contribution in [0.3, 0.4) is 0 Å². The molecular weight excluding hydrogens is 777 g/mol. The Morgan fingerprint density at radius 3 is 1.28 bits per heavy atom. The van der Waals surface area contributed by atoms with Crippen molar-refractivity contribution in [2.75, 3.05) is 9.80 Å². The molecule has 64 heavy (non-hydrogen) atoms. The zero-order valence-electron chi connectivity index (χ0n) is 35.0. The summed E-state index contributed by atoms with van der Waals surface area (Å²) < 4.78 is 4.91. The Balaban J connectivity index is 1.11. The molecule has 0 aliphatic carbocycles. The summed E-state index contributed by atoms with van der Waals surface area (Å²) in [7, 11) is 0. The zero-order chi connectivity index (χ0) is 42.4. The lowest BCUT2D eigenvalue weighted by molar-refractivity contribution is 1.17. The highest BCUT2D eigenvalue weighted by atomic mass is 15.1.